The highest BCUT2D eigenvalue weighted by molar-refractivity contribution is 7.85. The molecule has 14 unspecified atom stereocenters. The van der Waals surface area contributed by atoms with Gasteiger partial charge in [0.15, 0.2) is 0 Å². The first-order chi connectivity index (χ1) is 31.4. The Kier molecular flexibility index (Phi) is 13.3. The number of nitrogens with zero attached hydrogens (tertiary/aromatic N) is 5. The van der Waals surface area contributed by atoms with Crippen LogP contribution in [-0.4, -0.2) is 76.1 Å². The molecule has 15 heteroatoms. The van der Waals surface area contributed by atoms with Crippen molar-refractivity contribution in [1.29, 1.82) is 0 Å². The summed E-state index contributed by atoms with van der Waals surface area (Å²) in [6, 6.07) is 19.1. The Morgan fingerprint density at radius 2 is 1.27 bits per heavy atom. The first-order valence-electron chi connectivity index (χ1n) is 23.6. The van der Waals surface area contributed by atoms with Gasteiger partial charge in [-0.05, 0) is 110 Å². The van der Waals surface area contributed by atoms with Gasteiger partial charge in [0.1, 0.15) is 35.8 Å². The molecule has 14 atom stereocenters. The van der Waals surface area contributed by atoms with Gasteiger partial charge in [-0.3, -0.25) is 0 Å². The van der Waals surface area contributed by atoms with Crippen molar-refractivity contribution >= 4 is 34.4 Å². The van der Waals surface area contributed by atoms with Gasteiger partial charge in [-0.1, -0.05) is 107 Å². The van der Waals surface area contributed by atoms with E-state index in [0.717, 1.165) is 40.8 Å². The number of hydrogen-bond donors (Lipinski definition) is 0. The number of azide groups is 1. The molecule has 3 aromatic rings. The molecule has 4 bridgehead atoms. The molecule has 1 aromatic heterocycles. The highest BCUT2D eigenvalue weighted by atomic mass is 32.2. The molecular weight excluding hydrogens is 859 g/mol. The molecule has 0 N–H and O–H groups in total. The quantitative estimate of drug-likeness (QED) is 0.0558. The number of benzene rings is 2. The number of carbonyl (C=O) groups is 2. The van der Waals surface area contributed by atoms with E-state index < -0.39 is 50.9 Å². The van der Waals surface area contributed by atoms with Gasteiger partial charge < -0.3 is 18.9 Å². The van der Waals surface area contributed by atoms with Crippen LogP contribution in [0.2, 0.25) is 0 Å². The van der Waals surface area contributed by atoms with Crippen LogP contribution in [0, 0.1) is 47.3 Å². The minimum Gasteiger partial charge on any atom is -0.456 e. The van der Waals surface area contributed by atoms with Gasteiger partial charge in [0, 0.05) is 47.7 Å². The summed E-state index contributed by atoms with van der Waals surface area (Å²) in [6.45, 7) is 16.8. The van der Waals surface area contributed by atoms with E-state index in [1.54, 1.807) is 12.2 Å². The highest BCUT2D eigenvalue weighted by Gasteiger charge is 2.73. The zero-order valence-electron chi connectivity index (χ0n) is 39.3. The summed E-state index contributed by atoms with van der Waals surface area (Å²) < 4.78 is 58.9. The summed E-state index contributed by atoms with van der Waals surface area (Å²) >= 11 is 0. The highest BCUT2D eigenvalue weighted by Crippen LogP contribution is 2.65. The van der Waals surface area contributed by atoms with E-state index in [0.29, 0.717) is 24.7 Å². The molecule has 4 aliphatic heterocycles. The third-order valence-electron chi connectivity index (χ3n) is 16.4. The summed E-state index contributed by atoms with van der Waals surface area (Å²) in [6.07, 6.45) is 13.7. The van der Waals surface area contributed by atoms with Gasteiger partial charge in [-0.2, -0.15) is 8.42 Å². The average Bonchev–Trinajstić information content (AvgIpc) is 4.13. The van der Waals surface area contributed by atoms with Gasteiger partial charge in [0.2, 0.25) is 0 Å². The first kappa shape index (κ1) is 47.7. The molecule has 6 fully saturated rings. The Morgan fingerprint density at radius 3 is 1.74 bits per heavy atom. The van der Waals surface area contributed by atoms with Crippen LogP contribution in [0.1, 0.15) is 105 Å². The molecule has 2 aromatic carbocycles. The molecule has 66 heavy (non-hydrogen) atoms. The lowest BCUT2D eigenvalue weighted by atomic mass is 9.69. The Balaban J connectivity index is 0.000000182. The van der Waals surface area contributed by atoms with Crippen LogP contribution in [-0.2, 0) is 43.0 Å². The summed E-state index contributed by atoms with van der Waals surface area (Å²) in [4.78, 5) is 32.9. The van der Waals surface area contributed by atoms with Crippen molar-refractivity contribution in [3.63, 3.8) is 0 Å². The first-order valence-corrected chi connectivity index (χ1v) is 25.0. The Hall–Kier alpha value is -4.79. The van der Waals surface area contributed by atoms with E-state index in [1.807, 2.05) is 81.4 Å². The number of esters is 2. The molecule has 6 aliphatic rings. The van der Waals surface area contributed by atoms with E-state index in [4.69, 9.17) is 23.1 Å². The van der Waals surface area contributed by atoms with Crippen molar-refractivity contribution in [2.24, 2.45) is 52.5 Å². The van der Waals surface area contributed by atoms with Crippen molar-refractivity contribution in [3.05, 3.63) is 113 Å². The van der Waals surface area contributed by atoms with Crippen LogP contribution in [0.15, 0.2) is 96.7 Å². The maximum Gasteiger partial charge on any atom is 0.367 e. The lowest BCUT2D eigenvalue weighted by molar-refractivity contribution is -0.262. The summed E-state index contributed by atoms with van der Waals surface area (Å²) in [5, 5.41) is 4.14. The number of imidazole rings is 1. The maximum atomic E-state index is 13.1. The number of rotatable bonds is 12. The zero-order chi connectivity index (χ0) is 47.2. The molecule has 2 aliphatic carbocycles. The van der Waals surface area contributed by atoms with Gasteiger partial charge in [-0.15, -0.1) is 0 Å². The Morgan fingerprint density at radius 1 is 0.788 bits per heavy atom. The second-order valence-corrected chi connectivity index (χ2v) is 22.0. The van der Waals surface area contributed by atoms with Crippen LogP contribution in [0.4, 0.5) is 0 Å². The maximum absolute atomic E-state index is 13.1. The lowest BCUT2D eigenvalue weighted by Crippen LogP contribution is -2.62. The van der Waals surface area contributed by atoms with E-state index >= 15 is 0 Å². The Labute approximate surface area is 389 Å². The fraction of sp³-hybridized carbons (Fsp3) is 0.588. The van der Waals surface area contributed by atoms with Crippen LogP contribution in [0.25, 0.3) is 22.6 Å². The van der Waals surface area contributed by atoms with Crippen molar-refractivity contribution in [2.75, 3.05) is 0 Å². The van der Waals surface area contributed by atoms with Crippen molar-refractivity contribution < 1.29 is 41.1 Å². The van der Waals surface area contributed by atoms with Crippen LogP contribution in [0.3, 0.4) is 0 Å². The summed E-state index contributed by atoms with van der Waals surface area (Å²) in [5.41, 5.74) is 8.21. The molecule has 4 saturated heterocycles. The Bertz CT molecular complexity index is 2440. The third-order valence-corrected chi connectivity index (χ3v) is 17.6. The van der Waals surface area contributed by atoms with E-state index in [9.17, 15) is 23.5 Å². The minimum atomic E-state index is -4.10. The summed E-state index contributed by atoms with van der Waals surface area (Å²) in [5.74, 6) is 0.517. The molecule has 14 nitrogen and oxygen atoms in total. The average molecular weight is 924 g/mol. The SMILES string of the molecule is CC1CCC2C1C(OC(=O)/C=C/c1ccccc1)C1(C(C)C)CC(N=[N+]=[N-])C2(C)O1.CC1CCC2C1C(OC(=O)/C=C/c1ccccc1)C1(C(C)C)CC(OS(=O)(=O)n3ccnc3)C2(C)O1. The second-order valence-electron chi connectivity index (χ2n) is 20.5. The number of hydrogen-bond acceptors (Lipinski definition) is 11. The predicted octanol–water partition coefficient (Wildman–Crippen LogP) is 9.78. The molecule has 9 rings (SSSR count). The topological polar surface area (TPSA) is 181 Å². The summed E-state index contributed by atoms with van der Waals surface area (Å²) in [7, 11) is -4.10. The number of ether oxygens (including phenoxy) is 4. The van der Waals surface area contributed by atoms with E-state index in [1.165, 1.54) is 30.9 Å². The van der Waals surface area contributed by atoms with E-state index in [-0.39, 0.29) is 53.6 Å². The smallest absolute Gasteiger partial charge is 0.367 e. The molecule has 0 spiro atoms. The molecule has 0 radical (unpaired) electrons. The third kappa shape index (κ3) is 8.44. The van der Waals surface area contributed by atoms with Gasteiger partial charge >= 0.3 is 22.2 Å². The molecular formula is C51H65N5O9S. The number of aromatic nitrogens is 2. The molecule has 5 heterocycles. The molecule has 2 saturated carbocycles. The second kappa shape index (κ2) is 18.4. The van der Waals surface area contributed by atoms with Crippen molar-refractivity contribution in [3.8, 4) is 0 Å². The van der Waals surface area contributed by atoms with E-state index in [2.05, 4.69) is 49.6 Å². The largest absolute Gasteiger partial charge is 0.456 e. The standard InChI is InChI=1S/C27H34N2O6S.C24H31N3O3/c1-18(2)27-16-22(34-36(31,32)29-15-14-28-17-29)26(4,35-27)21-12-10-19(3)24(21)25(27)33-23(30)13-11-20-8-6-5-7-9-20;1-15(2)24-14-19(26-27-25)23(4,30-24)18-12-10-16(3)21(18)22(24)29-20(28)13-11-17-8-6-5-7-9-17/h5-9,11,13-15,17-19,21-22,24-25H,10,12,16H2,1-4H3;5-9,11,13,15-16,18-19,21-22H,10,12,14H2,1-4H3/b2*13-11+. The normalized spacial score (nSPS) is 37.6. The van der Waals surface area contributed by atoms with Gasteiger partial charge in [0.25, 0.3) is 0 Å². The van der Waals surface area contributed by atoms with Crippen molar-refractivity contribution in [1.82, 2.24) is 8.96 Å². The fourth-order valence-electron chi connectivity index (χ4n) is 12.9. The predicted molar refractivity (Wildman–Crippen MR) is 249 cm³/mol. The number of fused-ring (bicyclic) bond motifs is 8. The lowest BCUT2D eigenvalue weighted by Gasteiger charge is -2.53. The van der Waals surface area contributed by atoms with Gasteiger partial charge in [-0.25, -0.2) is 22.7 Å². The molecule has 0 amide bonds. The van der Waals surface area contributed by atoms with Crippen LogP contribution in [0.5, 0.6) is 0 Å². The van der Waals surface area contributed by atoms with Gasteiger partial charge in [0.05, 0.1) is 17.2 Å². The monoisotopic (exact) mass is 923 g/mol. The number of carbonyl (C=O) groups excluding carboxylic acids is 2. The van der Waals surface area contributed by atoms with Crippen molar-refractivity contribution in [2.45, 2.75) is 141 Å². The van der Waals surface area contributed by atoms with Crippen LogP contribution < -0.4 is 0 Å². The van der Waals surface area contributed by atoms with Crippen LogP contribution >= 0.6 is 0 Å². The zero-order valence-corrected chi connectivity index (χ0v) is 40.1. The molecule has 354 valence electrons. The minimum absolute atomic E-state index is 0.000708. The fourth-order valence-corrected chi connectivity index (χ4v) is 13.9.